The summed E-state index contributed by atoms with van der Waals surface area (Å²) >= 11 is 1.86. The van der Waals surface area contributed by atoms with Crippen LogP contribution in [0, 0.1) is 0 Å². The molecule has 0 bridgehead atoms. The summed E-state index contributed by atoms with van der Waals surface area (Å²) in [5.74, 6) is 2.06. The van der Waals surface area contributed by atoms with Crippen LogP contribution in [0.4, 0.5) is 5.95 Å². The molecule has 17 heavy (non-hydrogen) atoms. The first-order valence-electron chi connectivity index (χ1n) is 6.13. The van der Waals surface area contributed by atoms with Gasteiger partial charge in [0.1, 0.15) is 0 Å². The Morgan fingerprint density at radius 2 is 2.41 bits per heavy atom. The van der Waals surface area contributed by atoms with E-state index in [9.17, 15) is 0 Å². The van der Waals surface area contributed by atoms with Crippen LogP contribution in [0.3, 0.4) is 0 Å². The second-order valence-electron chi connectivity index (χ2n) is 3.94. The number of aromatic nitrogens is 2. The number of nitrogens with zero attached hydrogens (tertiary/aromatic N) is 2. The van der Waals surface area contributed by atoms with Crippen LogP contribution in [0.5, 0.6) is 0 Å². The van der Waals surface area contributed by atoms with Gasteiger partial charge in [0.25, 0.3) is 0 Å². The summed E-state index contributed by atoms with van der Waals surface area (Å²) < 4.78 is 7.49. The smallest absolute Gasteiger partial charge is 0.203 e. The highest BCUT2D eigenvalue weighted by atomic mass is 32.2. The van der Waals surface area contributed by atoms with Gasteiger partial charge in [-0.15, -0.1) is 0 Å². The van der Waals surface area contributed by atoms with E-state index in [1.54, 1.807) is 0 Å². The Labute approximate surface area is 108 Å². The van der Waals surface area contributed by atoms with Gasteiger partial charge in [0, 0.05) is 43.9 Å². The molecule has 0 amide bonds. The molecule has 0 fully saturated rings. The van der Waals surface area contributed by atoms with Crippen LogP contribution < -0.4 is 5.32 Å². The summed E-state index contributed by atoms with van der Waals surface area (Å²) in [4.78, 5) is 4.34. The van der Waals surface area contributed by atoms with Crippen LogP contribution >= 0.6 is 11.8 Å². The summed E-state index contributed by atoms with van der Waals surface area (Å²) in [6.07, 6.45) is 7.02. The third kappa shape index (κ3) is 5.00. The molecule has 1 heterocycles. The minimum Gasteiger partial charge on any atom is -0.382 e. The number of thioether (sulfide) groups is 1. The summed E-state index contributed by atoms with van der Waals surface area (Å²) in [5.41, 5.74) is 0. The van der Waals surface area contributed by atoms with E-state index in [-0.39, 0.29) is 0 Å². The van der Waals surface area contributed by atoms with E-state index in [0.29, 0.717) is 6.04 Å². The minimum atomic E-state index is 0.474. The van der Waals surface area contributed by atoms with Crippen molar-refractivity contribution in [3.63, 3.8) is 0 Å². The van der Waals surface area contributed by atoms with E-state index in [2.05, 4.69) is 28.0 Å². The van der Waals surface area contributed by atoms with Gasteiger partial charge < -0.3 is 14.6 Å². The molecule has 1 atom stereocenters. The molecule has 1 rings (SSSR count). The van der Waals surface area contributed by atoms with Crippen molar-refractivity contribution < 1.29 is 4.74 Å². The lowest BCUT2D eigenvalue weighted by atomic mass is 10.4. The van der Waals surface area contributed by atoms with Crippen molar-refractivity contribution in [1.82, 2.24) is 9.55 Å². The molecule has 5 heteroatoms. The van der Waals surface area contributed by atoms with Gasteiger partial charge in [-0.05, 0) is 26.5 Å². The van der Waals surface area contributed by atoms with Gasteiger partial charge in [0.15, 0.2) is 0 Å². The molecule has 98 valence electrons. The zero-order chi connectivity index (χ0) is 12.5. The van der Waals surface area contributed by atoms with Crippen molar-refractivity contribution in [1.29, 1.82) is 0 Å². The molecule has 1 aromatic heterocycles. The first-order valence-corrected chi connectivity index (χ1v) is 7.52. The highest BCUT2D eigenvalue weighted by Gasteiger charge is 2.08. The van der Waals surface area contributed by atoms with Gasteiger partial charge in [-0.25, -0.2) is 4.98 Å². The van der Waals surface area contributed by atoms with Crippen molar-refractivity contribution in [2.75, 3.05) is 37.1 Å². The van der Waals surface area contributed by atoms with E-state index < -0.39 is 0 Å². The minimum absolute atomic E-state index is 0.474. The number of hydrogen-bond donors (Lipinski definition) is 1. The Bertz CT molecular complexity index is 304. The lowest BCUT2D eigenvalue weighted by Gasteiger charge is -2.15. The number of imidazole rings is 1. The van der Waals surface area contributed by atoms with Crippen LogP contribution in [-0.2, 0) is 4.74 Å². The molecular formula is C12H23N3OS. The van der Waals surface area contributed by atoms with Gasteiger partial charge >= 0.3 is 0 Å². The Balaban J connectivity index is 2.35. The van der Waals surface area contributed by atoms with E-state index in [1.165, 1.54) is 0 Å². The molecule has 1 aromatic rings. The number of hydrogen-bond acceptors (Lipinski definition) is 4. The van der Waals surface area contributed by atoms with E-state index in [0.717, 1.165) is 37.9 Å². The summed E-state index contributed by atoms with van der Waals surface area (Å²) in [5, 5.41) is 3.35. The Morgan fingerprint density at radius 1 is 1.59 bits per heavy atom. The van der Waals surface area contributed by atoms with Crippen molar-refractivity contribution in [2.24, 2.45) is 0 Å². The average molecular weight is 257 g/mol. The third-order valence-corrected chi connectivity index (χ3v) is 3.32. The standard InChI is InChI=1S/C12H23N3OS/c1-4-16-9-5-6-13-12-14-7-8-15(12)11(2)10-17-3/h7-8,11H,4-6,9-10H2,1-3H3,(H,13,14). The van der Waals surface area contributed by atoms with E-state index >= 15 is 0 Å². The SMILES string of the molecule is CCOCCCNc1nccn1C(C)CSC. The van der Waals surface area contributed by atoms with Crippen LogP contribution in [-0.4, -0.2) is 41.3 Å². The Kier molecular flexibility index (Phi) is 7.12. The topological polar surface area (TPSA) is 39.1 Å². The van der Waals surface area contributed by atoms with Crippen molar-refractivity contribution >= 4 is 17.7 Å². The number of nitrogens with one attached hydrogen (secondary N) is 1. The molecule has 0 aliphatic rings. The number of anilines is 1. The highest BCUT2D eigenvalue weighted by Crippen LogP contribution is 2.16. The molecule has 0 spiro atoms. The second-order valence-corrected chi connectivity index (χ2v) is 4.85. The molecule has 1 unspecified atom stereocenters. The fourth-order valence-corrected chi connectivity index (χ4v) is 2.29. The van der Waals surface area contributed by atoms with Crippen LogP contribution in [0.15, 0.2) is 12.4 Å². The lowest BCUT2D eigenvalue weighted by Crippen LogP contribution is -2.14. The maximum atomic E-state index is 5.30. The maximum absolute atomic E-state index is 5.30. The lowest BCUT2D eigenvalue weighted by molar-refractivity contribution is 0.147. The predicted molar refractivity (Wildman–Crippen MR) is 74.9 cm³/mol. The fourth-order valence-electron chi connectivity index (χ4n) is 1.65. The Morgan fingerprint density at radius 3 is 3.12 bits per heavy atom. The van der Waals surface area contributed by atoms with Crippen molar-refractivity contribution in [3.05, 3.63) is 12.4 Å². The molecule has 0 saturated heterocycles. The van der Waals surface area contributed by atoms with Crippen LogP contribution in [0.2, 0.25) is 0 Å². The first-order chi connectivity index (χ1) is 8.29. The molecule has 0 aliphatic carbocycles. The van der Waals surface area contributed by atoms with Crippen molar-refractivity contribution in [2.45, 2.75) is 26.3 Å². The molecule has 4 nitrogen and oxygen atoms in total. The normalized spacial score (nSPS) is 12.6. The van der Waals surface area contributed by atoms with E-state index in [4.69, 9.17) is 4.74 Å². The quantitative estimate of drug-likeness (QED) is 0.690. The molecule has 0 radical (unpaired) electrons. The zero-order valence-corrected chi connectivity index (χ0v) is 11.8. The monoisotopic (exact) mass is 257 g/mol. The molecule has 0 aliphatic heterocycles. The first kappa shape index (κ1) is 14.4. The molecular weight excluding hydrogens is 234 g/mol. The van der Waals surface area contributed by atoms with Gasteiger partial charge in [-0.2, -0.15) is 11.8 Å². The second kappa shape index (κ2) is 8.42. The average Bonchev–Trinajstić information content (AvgIpc) is 2.77. The predicted octanol–water partition coefficient (Wildman–Crippen LogP) is 2.65. The maximum Gasteiger partial charge on any atom is 0.203 e. The van der Waals surface area contributed by atoms with Gasteiger partial charge in [0.05, 0.1) is 0 Å². The highest BCUT2D eigenvalue weighted by molar-refractivity contribution is 7.98. The fraction of sp³-hybridized carbons (Fsp3) is 0.750. The Hall–Kier alpha value is -0.680. The van der Waals surface area contributed by atoms with Gasteiger partial charge in [-0.3, -0.25) is 0 Å². The molecule has 0 saturated carbocycles. The molecule has 0 aromatic carbocycles. The summed E-state index contributed by atoms with van der Waals surface area (Å²) in [6.45, 7) is 6.74. The number of ether oxygens (including phenoxy) is 1. The third-order valence-electron chi connectivity index (χ3n) is 2.50. The summed E-state index contributed by atoms with van der Waals surface area (Å²) in [7, 11) is 0. The molecule has 1 N–H and O–H groups in total. The largest absolute Gasteiger partial charge is 0.382 e. The van der Waals surface area contributed by atoms with Gasteiger partial charge in [-0.1, -0.05) is 0 Å². The van der Waals surface area contributed by atoms with Crippen molar-refractivity contribution in [3.8, 4) is 0 Å². The summed E-state index contributed by atoms with van der Waals surface area (Å²) in [6, 6.07) is 0.474. The van der Waals surface area contributed by atoms with Gasteiger partial charge in [0.2, 0.25) is 5.95 Å². The van der Waals surface area contributed by atoms with E-state index in [1.807, 2.05) is 31.1 Å². The van der Waals surface area contributed by atoms with Crippen LogP contribution in [0.1, 0.15) is 26.3 Å². The zero-order valence-electron chi connectivity index (χ0n) is 11.0. The number of rotatable bonds is 9. The van der Waals surface area contributed by atoms with Crippen LogP contribution in [0.25, 0.3) is 0 Å².